The number of aliphatic hydroxyl groups is 1. The first-order chi connectivity index (χ1) is 11.6. The number of nitrogens with one attached hydrogen (secondary N) is 1. The predicted molar refractivity (Wildman–Crippen MR) is 91.1 cm³/mol. The van der Waals surface area contributed by atoms with Crippen LogP contribution in [0.3, 0.4) is 0 Å². The van der Waals surface area contributed by atoms with E-state index in [1.165, 1.54) is 0 Å². The van der Waals surface area contributed by atoms with Gasteiger partial charge in [-0.05, 0) is 39.0 Å². The number of carbonyl (C=O) groups excluding carboxylic acids is 1. The Kier molecular flexibility index (Phi) is 5.25. The zero-order valence-electron chi connectivity index (χ0n) is 14.8. The van der Waals surface area contributed by atoms with Crippen molar-refractivity contribution in [3.05, 3.63) is 17.5 Å². The van der Waals surface area contributed by atoms with Crippen LogP contribution in [0.2, 0.25) is 0 Å². The Morgan fingerprint density at radius 1 is 1.58 bits per heavy atom. The molecule has 1 aliphatic heterocycles. The third-order valence-corrected chi connectivity index (χ3v) is 5.50. The molecule has 0 aromatic carbocycles. The third-order valence-electron chi connectivity index (χ3n) is 5.50. The first kappa shape index (κ1) is 17.4. The summed E-state index contributed by atoms with van der Waals surface area (Å²) < 4.78 is 7.53. The highest BCUT2D eigenvalue weighted by Crippen LogP contribution is 2.42. The van der Waals surface area contributed by atoms with E-state index in [-0.39, 0.29) is 17.9 Å². The zero-order chi connectivity index (χ0) is 17.2. The molecule has 1 aromatic heterocycles. The predicted octanol–water partition coefficient (Wildman–Crippen LogP) is 2.25. The number of aromatic nitrogens is 2. The van der Waals surface area contributed by atoms with Crippen molar-refractivity contribution in [2.75, 3.05) is 26.4 Å². The van der Waals surface area contributed by atoms with E-state index in [9.17, 15) is 9.90 Å². The fraction of sp³-hybridized carbons (Fsp3) is 0.778. The molecule has 2 unspecified atom stereocenters. The van der Waals surface area contributed by atoms with Crippen LogP contribution in [0, 0.1) is 5.41 Å². The van der Waals surface area contributed by atoms with Gasteiger partial charge in [-0.1, -0.05) is 6.92 Å². The number of carbonyl (C=O) groups is 1. The molecular weight excluding hydrogens is 306 g/mol. The van der Waals surface area contributed by atoms with Gasteiger partial charge in [-0.25, -0.2) is 0 Å². The number of rotatable bonds is 8. The van der Waals surface area contributed by atoms with E-state index >= 15 is 0 Å². The smallest absolute Gasteiger partial charge is 0.254 e. The minimum Gasteiger partial charge on any atom is -0.396 e. The van der Waals surface area contributed by atoms with Crippen LogP contribution in [-0.4, -0.2) is 47.2 Å². The molecule has 2 atom stereocenters. The highest BCUT2D eigenvalue weighted by Gasteiger charge is 2.36. The molecule has 1 saturated heterocycles. The lowest BCUT2D eigenvalue weighted by molar-refractivity contribution is 0.0888. The van der Waals surface area contributed by atoms with Crippen LogP contribution < -0.4 is 5.32 Å². The van der Waals surface area contributed by atoms with Crippen molar-refractivity contribution < 1.29 is 14.6 Å². The van der Waals surface area contributed by atoms with Crippen LogP contribution in [0.25, 0.3) is 0 Å². The largest absolute Gasteiger partial charge is 0.396 e. The maximum atomic E-state index is 12.8. The lowest BCUT2D eigenvalue weighted by Crippen LogP contribution is -2.39. The molecule has 6 heteroatoms. The normalized spacial score (nSPS) is 25.0. The lowest BCUT2D eigenvalue weighted by Gasteiger charge is -2.26. The Hall–Kier alpha value is -1.40. The molecule has 2 fully saturated rings. The summed E-state index contributed by atoms with van der Waals surface area (Å²) in [5.74, 6) is 0.430. The molecule has 6 nitrogen and oxygen atoms in total. The number of aliphatic hydroxyl groups excluding tert-OH is 1. The molecular formula is C18H29N3O3. The monoisotopic (exact) mass is 335 g/mol. The fourth-order valence-electron chi connectivity index (χ4n) is 3.51. The van der Waals surface area contributed by atoms with E-state index in [0.717, 1.165) is 36.9 Å². The molecule has 1 saturated carbocycles. The highest BCUT2D eigenvalue weighted by atomic mass is 16.5. The topological polar surface area (TPSA) is 76.4 Å². The molecule has 1 amide bonds. The summed E-state index contributed by atoms with van der Waals surface area (Å²) in [6, 6.07) is 0.311. The van der Waals surface area contributed by atoms with Gasteiger partial charge < -0.3 is 15.2 Å². The van der Waals surface area contributed by atoms with Crippen LogP contribution >= 0.6 is 0 Å². The van der Waals surface area contributed by atoms with Crippen molar-refractivity contribution in [1.82, 2.24) is 15.1 Å². The van der Waals surface area contributed by atoms with Gasteiger partial charge in [0.15, 0.2) is 0 Å². The second-order valence-corrected chi connectivity index (χ2v) is 7.38. The first-order valence-electron chi connectivity index (χ1n) is 9.14. The molecule has 0 spiro atoms. The quantitative estimate of drug-likeness (QED) is 0.764. The van der Waals surface area contributed by atoms with Gasteiger partial charge in [-0.3, -0.25) is 9.48 Å². The molecule has 2 heterocycles. The zero-order valence-corrected chi connectivity index (χ0v) is 14.8. The summed E-state index contributed by atoms with van der Waals surface area (Å²) in [5, 5.41) is 16.9. The van der Waals surface area contributed by atoms with Crippen LogP contribution in [0.5, 0.6) is 0 Å². The summed E-state index contributed by atoms with van der Waals surface area (Å²) in [6.45, 7) is 6.27. The van der Waals surface area contributed by atoms with E-state index in [2.05, 4.69) is 24.3 Å². The van der Waals surface area contributed by atoms with Gasteiger partial charge in [0.2, 0.25) is 0 Å². The Morgan fingerprint density at radius 2 is 2.38 bits per heavy atom. The average molecular weight is 335 g/mol. The number of nitrogens with zero attached hydrogens (tertiary/aromatic N) is 2. The van der Waals surface area contributed by atoms with Gasteiger partial charge in [0.25, 0.3) is 5.91 Å². The average Bonchev–Trinajstić information content (AvgIpc) is 3.16. The SMILES string of the molecule is CCC(C)n1ncc(C(=O)NCC2(CCO)CCOC2)c1C1CC1. The highest BCUT2D eigenvalue weighted by molar-refractivity contribution is 5.95. The summed E-state index contributed by atoms with van der Waals surface area (Å²) in [4.78, 5) is 12.8. The van der Waals surface area contributed by atoms with E-state index in [4.69, 9.17) is 4.74 Å². The molecule has 2 N–H and O–H groups in total. The third kappa shape index (κ3) is 3.49. The van der Waals surface area contributed by atoms with E-state index in [1.54, 1.807) is 6.20 Å². The summed E-state index contributed by atoms with van der Waals surface area (Å²) >= 11 is 0. The molecule has 24 heavy (non-hydrogen) atoms. The molecule has 2 aliphatic rings. The van der Waals surface area contributed by atoms with Gasteiger partial charge in [0, 0.05) is 37.1 Å². The molecule has 1 aromatic rings. The second kappa shape index (κ2) is 7.23. The number of amides is 1. The Labute approximate surface area is 143 Å². The van der Waals surface area contributed by atoms with Crippen LogP contribution in [0.4, 0.5) is 0 Å². The van der Waals surface area contributed by atoms with E-state index in [1.807, 2.05) is 4.68 Å². The van der Waals surface area contributed by atoms with Crippen molar-refractivity contribution in [3.63, 3.8) is 0 Å². The van der Waals surface area contributed by atoms with E-state index < -0.39 is 0 Å². The minimum absolute atomic E-state index is 0.0457. The van der Waals surface area contributed by atoms with Gasteiger partial charge in [-0.15, -0.1) is 0 Å². The molecule has 0 radical (unpaired) electrons. The van der Waals surface area contributed by atoms with Crippen LogP contribution in [0.15, 0.2) is 6.20 Å². The minimum atomic E-state index is -0.128. The van der Waals surface area contributed by atoms with Crippen molar-refractivity contribution >= 4 is 5.91 Å². The van der Waals surface area contributed by atoms with Crippen LogP contribution in [-0.2, 0) is 4.74 Å². The first-order valence-corrected chi connectivity index (χ1v) is 9.14. The maximum absolute atomic E-state index is 12.8. The van der Waals surface area contributed by atoms with Gasteiger partial charge in [-0.2, -0.15) is 5.10 Å². The summed E-state index contributed by atoms with van der Waals surface area (Å²) in [6.07, 6.45) is 6.55. The molecule has 134 valence electrons. The van der Waals surface area contributed by atoms with Crippen molar-refractivity contribution in [2.24, 2.45) is 5.41 Å². The molecule has 3 rings (SSSR count). The number of hydrogen-bond donors (Lipinski definition) is 2. The standard InChI is InChI=1S/C18H29N3O3/c1-3-13(2)21-16(14-4-5-14)15(10-20-21)17(23)19-11-18(6-8-22)7-9-24-12-18/h10,13-14,22H,3-9,11-12H2,1-2H3,(H,19,23). The van der Waals surface area contributed by atoms with Crippen LogP contribution in [0.1, 0.15) is 74.0 Å². The van der Waals surface area contributed by atoms with Crippen molar-refractivity contribution in [1.29, 1.82) is 0 Å². The molecule has 1 aliphatic carbocycles. The Balaban J connectivity index is 1.72. The van der Waals surface area contributed by atoms with Crippen molar-refractivity contribution in [3.8, 4) is 0 Å². The van der Waals surface area contributed by atoms with Gasteiger partial charge >= 0.3 is 0 Å². The lowest BCUT2D eigenvalue weighted by atomic mass is 9.84. The molecule has 0 bridgehead atoms. The Bertz CT molecular complexity index is 574. The van der Waals surface area contributed by atoms with E-state index in [0.29, 0.717) is 38.1 Å². The Morgan fingerprint density at radius 3 is 2.96 bits per heavy atom. The number of hydrogen-bond acceptors (Lipinski definition) is 4. The number of ether oxygens (including phenoxy) is 1. The maximum Gasteiger partial charge on any atom is 0.254 e. The summed E-state index contributed by atoms with van der Waals surface area (Å²) in [5.41, 5.74) is 1.69. The second-order valence-electron chi connectivity index (χ2n) is 7.38. The summed E-state index contributed by atoms with van der Waals surface area (Å²) in [7, 11) is 0. The fourth-order valence-corrected chi connectivity index (χ4v) is 3.51. The van der Waals surface area contributed by atoms with Gasteiger partial charge in [0.05, 0.1) is 24.1 Å². The van der Waals surface area contributed by atoms with Crippen molar-refractivity contribution in [2.45, 2.75) is 57.9 Å². The van der Waals surface area contributed by atoms with Gasteiger partial charge in [0.1, 0.15) is 0 Å².